The number of carboxylic acid groups (broad SMARTS) is 1. The fourth-order valence-electron chi connectivity index (χ4n) is 2.89. The van der Waals surface area contributed by atoms with E-state index in [-0.39, 0.29) is 18.3 Å². The Morgan fingerprint density at radius 3 is 3.10 bits per heavy atom. The van der Waals surface area contributed by atoms with E-state index in [9.17, 15) is 4.79 Å². The summed E-state index contributed by atoms with van der Waals surface area (Å²) in [6.45, 7) is 2.30. The van der Waals surface area contributed by atoms with E-state index in [0.717, 1.165) is 30.9 Å². The van der Waals surface area contributed by atoms with Crippen LogP contribution in [0.1, 0.15) is 23.6 Å². The summed E-state index contributed by atoms with van der Waals surface area (Å²) in [5, 5.41) is 19.6. The molecule has 2 atom stereocenters. The Morgan fingerprint density at radius 2 is 2.45 bits per heavy atom. The third kappa shape index (κ3) is 2.72. The van der Waals surface area contributed by atoms with E-state index in [0.29, 0.717) is 0 Å². The number of hydrogen-bond donors (Lipinski definition) is 2. The molecule has 7 nitrogen and oxygen atoms in total. The smallest absolute Gasteiger partial charge is 0.303 e. The average molecular weight is 276 g/mol. The van der Waals surface area contributed by atoms with Crippen molar-refractivity contribution in [2.45, 2.75) is 18.9 Å². The van der Waals surface area contributed by atoms with Crippen molar-refractivity contribution in [2.75, 3.05) is 13.1 Å². The van der Waals surface area contributed by atoms with Gasteiger partial charge in [0, 0.05) is 31.1 Å². The van der Waals surface area contributed by atoms with Crippen LogP contribution in [0.2, 0.25) is 0 Å². The van der Waals surface area contributed by atoms with Crippen LogP contribution in [0, 0.1) is 5.92 Å². The predicted octanol–water partition coefficient (Wildman–Crippen LogP) is 1.09. The first-order chi connectivity index (χ1) is 9.72. The second-order valence-electron chi connectivity index (χ2n) is 5.18. The molecule has 0 aliphatic carbocycles. The molecule has 1 aliphatic rings. The normalized spacial score (nSPS) is 23.2. The van der Waals surface area contributed by atoms with Crippen LogP contribution >= 0.6 is 0 Å². The van der Waals surface area contributed by atoms with Gasteiger partial charge in [0.25, 0.3) is 0 Å². The van der Waals surface area contributed by atoms with Crippen molar-refractivity contribution in [2.24, 2.45) is 5.92 Å². The molecule has 0 saturated carbocycles. The number of aliphatic carboxylic acids is 1. The van der Waals surface area contributed by atoms with Gasteiger partial charge in [0.15, 0.2) is 0 Å². The number of hydrogen-bond acceptors (Lipinski definition) is 5. The molecule has 20 heavy (non-hydrogen) atoms. The van der Waals surface area contributed by atoms with Gasteiger partial charge in [-0.05, 0) is 12.0 Å². The Morgan fingerprint density at radius 1 is 1.55 bits per heavy atom. The van der Waals surface area contributed by atoms with Gasteiger partial charge in [-0.15, -0.1) is 0 Å². The molecule has 7 heteroatoms. The van der Waals surface area contributed by atoms with Crippen LogP contribution in [0.15, 0.2) is 29.2 Å². The molecule has 1 aliphatic heterocycles. The largest absolute Gasteiger partial charge is 0.481 e. The molecule has 0 spiro atoms. The summed E-state index contributed by atoms with van der Waals surface area (Å²) in [7, 11) is 0. The maximum absolute atomic E-state index is 11.0. The molecule has 0 radical (unpaired) electrons. The number of nitrogens with zero attached hydrogens (tertiary/aromatic N) is 3. The molecule has 0 aromatic carbocycles. The number of carboxylic acids is 1. The van der Waals surface area contributed by atoms with Crippen LogP contribution < -0.4 is 0 Å². The van der Waals surface area contributed by atoms with Crippen molar-refractivity contribution in [3.8, 4) is 0 Å². The zero-order chi connectivity index (χ0) is 13.9. The zero-order valence-corrected chi connectivity index (χ0v) is 10.9. The van der Waals surface area contributed by atoms with Gasteiger partial charge in [0.05, 0.1) is 30.8 Å². The van der Waals surface area contributed by atoms with Crippen LogP contribution in [-0.4, -0.2) is 44.5 Å². The summed E-state index contributed by atoms with van der Waals surface area (Å²) in [5.74, 6) is -0.602. The third-order valence-electron chi connectivity index (χ3n) is 3.75. The second-order valence-corrected chi connectivity index (χ2v) is 5.18. The molecular weight excluding hydrogens is 260 g/mol. The first kappa shape index (κ1) is 12.9. The fourth-order valence-corrected chi connectivity index (χ4v) is 2.89. The number of rotatable bonds is 5. The zero-order valence-electron chi connectivity index (χ0n) is 10.9. The van der Waals surface area contributed by atoms with Gasteiger partial charge < -0.3 is 9.52 Å². The van der Waals surface area contributed by atoms with Gasteiger partial charge in [0.2, 0.25) is 0 Å². The molecule has 1 fully saturated rings. The van der Waals surface area contributed by atoms with E-state index in [1.807, 2.05) is 6.07 Å². The predicted molar refractivity (Wildman–Crippen MR) is 68.9 cm³/mol. The quantitative estimate of drug-likeness (QED) is 0.848. The number of H-pyrrole nitrogens is 1. The highest BCUT2D eigenvalue weighted by molar-refractivity contribution is 5.67. The molecule has 3 heterocycles. The molecule has 3 rings (SSSR count). The van der Waals surface area contributed by atoms with Crippen molar-refractivity contribution in [3.63, 3.8) is 0 Å². The van der Waals surface area contributed by atoms with Crippen LogP contribution in [0.3, 0.4) is 0 Å². The van der Waals surface area contributed by atoms with E-state index in [1.165, 1.54) is 0 Å². The van der Waals surface area contributed by atoms with Gasteiger partial charge >= 0.3 is 5.97 Å². The number of nitrogens with one attached hydrogen (secondary N) is 1. The first-order valence-electron chi connectivity index (χ1n) is 6.53. The highest BCUT2D eigenvalue weighted by Gasteiger charge is 2.36. The van der Waals surface area contributed by atoms with Crippen LogP contribution in [0.5, 0.6) is 0 Å². The van der Waals surface area contributed by atoms with Crippen molar-refractivity contribution in [1.29, 1.82) is 0 Å². The van der Waals surface area contributed by atoms with E-state index in [4.69, 9.17) is 9.52 Å². The van der Waals surface area contributed by atoms with Crippen molar-refractivity contribution in [3.05, 3.63) is 36.0 Å². The monoisotopic (exact) mass is 276 g/mol. The maximum atomic E-state index is 11.0. The Kier molecular flexibility index (Phi) is 3.51. The third-order valence-corrected chi connectivity index (χ3v) is 3.75. The minimum absolute atomic E-state index is 0.0597. The highest BCUT2D eigenvalue weighted by Crippen LogP contribution is 2.34. The molecule has 2 aromatic rings. The van der Waals surface area contributed by atoms with Gasteiger partial charge in [-0.25, -0.2) is 0 Å². The highest BCUT2D eigenvalue weighted by atomic mass is 16.4. The average Bonchev–Trinajstić information content (AvgIpc) is 3.10. The Balaban J connectivity index is 1.72. The molecule has 0 unspecified atom stereocenters. The lowest BCUT2D eigenvalue weighted by Gasteiger charge is -2.13. The van der Waals surface area contributed by atoms with Crippen molar-refractivity contribution < 1.29 is 14.3 Å². The lowest BCUT2D eigenvalue weighted by molar-refractivity contribution is -0.138. The van der Waals surface area contributed by atoms with E-state index >= 15 is 0 Å². The van der Waals surface area contributed by atoms with Crippen LogP contribution in [-0.2, 0) is 11.3 Å². The summed E-state index contributed by atoms with van der Waals surface area (Å²) in [6, 6.07) is 1.93. The molecule has 1 saturated heterocycles. The van der Waals surface area contributed by atoms with E-state index in [1.54, 1.807) is 18.7 Å². The van der Waals surface area contributed by atoms with Crippen molar-refractivity contribution in [1.82, 2.24) is 20.3 Å². The maximum Gasteiger partial charge on any atom is 0.303 e. The summed E-state index contributed by atoms with van der Waals surface area (Å²) in [6.07, 6.45) is 5.20. The molecule has 2 N–H and O–H groups in total. The molecular formula is C13H16N4O3. The van der Waals surface area contributed by atoms with Gasteiger partial charge in [-0.2, -0.15) is 15.4 Å². The summed E-state index contributed by atoms with van der Waals surface area (Å²) >= 11 is 0. The summed E-state index contributed by atoms with van der Waals surface area (Å²) in [5.41, 5.74) is 1.94. The number of likely N-dealkylation sites (tertiary alicyclic amines) is 1. The number of aromatic nitrogens is 3. The first-order valence-corrected chi connectivity index (χ1v) is 6.53. The molecule has 0 bridgehead atoms. The van der Waals surface area contributed by atoms with Crippen molar-refractivity contribution >= 4 is 5.97 Å². The minimum atomic E-state index is -0.770. The van der Waals surface area contributed by atoms with Gasteiger partial charge in [0.1, 0.15) is 0 Å². The van der Waals surface area contributed by atoms with Crippen LogP contribution in [0.25, 0.3) is 0 Å². The topological polar surface area (TPSA) is 95.2 Å². The van der Waals surface area contributed by atoms with Gasteiger partial charge in [-0.3, -0.25) is 9.69 Å². The number of aromatic amines is 1. The molecule has 0 amide bonds. The minimum Gasteiger partial charge on any atom is -0.481 e. The van der Waals surface area contributed by atoms with Gasteiger partial charge in [-0.1, -0.05) is 0 Å². The van der Waals surface area contributed by atoms with E-state index < -0.39 is 5.97 Å². The standard InChI is InChI=1S/C13H16N4O3/c18-13(19)3-10-6-17(5-9-1-2-20-8-9)7-11(10)12-4-14-16-15-12/h1-2,4,8,10-11H,3,5-7H2,(H,18,19)(H,14,15,16)/t10-,11+/m0/s1. The summed E-state index contributed by atoms with van der Waals surface area (Å²) < 4.78 is 5.07. The lowest BCUT2D eigenvalue weighted by atomic mass is 9.91. The summed E-state index contributed by atoms with van der Waals surface area (Å²) in [4.78, 5) is 13.3. The second kappa shape index (κ2) is 5.46. The molecule has 106 valence electrons. The Bertz CT molecular complexity index is 552. The number of carbonyl (C=O) groups is 1. The molecule has 2 aromatic heterocycles. The lowest BCUT2D eigenvalue weighted by Crippen LogP contribution is -2.20. The van der Waals surface area contributed by atoms with E-state index in [2.05, 4.69) is 20.3 Å². The SMILES string of the molecule is O=C(O)C[C@H]1CN(Cc2ccoc2)C[C@H]1c1cn[nH]n1. The van der Waals surface area contributed by atoms with Crippen LogP contribution in [0.4, 0.5) is 0 Å². The fraction of sp³-hybridized carbons (Fsp3) is 0.462. The Hall–Kier alpha value is -2.15. The Labute approximate surface area is 115 Å². The number of furan rings is 1.